The van der Waals surface area contributed by atoms with Gasteiger partial charge >= 0.3 is 0 Å². The molecule has 4 nitrogen and oxygen atoms in total. The molecule has 0 bridgehead atoms. The van der Waals surface area contributed by atoms with E-state index in [4.69, 9.17) is 4.74 Å². The van der Waals surface area contributed by atoms with E-state index in [0.29, 0.717) is 12.4 Å². The van der Waals surface area contributed by atoms with Crippen LogP contribution in [0.15, 0.2) is 36.7 Å². The second-order valence-electron chi connectivity index (χ2n) is 3.79. The molecule has 88 valence electrons. The van der Waals surface area contributed by atoms with Crippen LogP contribution in [-0.2, 0) is 6.54 Å². The Kier molecular flexibility index (Phi) is 3.67. The first-order valence-corrected chi connectivity index (χ1v) is 5.48. The van der Waals surface area contributed by atoms with Crippen molar-refractivity contribution >= 4 is 0 Å². The summed E-state index contributed by atoms with van der Waals surface area (Å²) in [5.74, 6) is 1.29. The number of ether oxygens (including phenoxy) is 1. The van der Waals surface area contributed by atoms with Gasteiger partial charge in [0.2, 0.25) is 5.88 Å². The Balaban J connectivity index is 2.12. The van der Waals surface area contributed by atoms with Gasteiger partial charge in [0, 0.05) is 12.7 Å². The summed E-state index contributed by atoms with van der Waals surface area (Å²) in [6.45, 7) is 2.72. The zero-order valence-corrected chi connectivity index (χ0v) is 9.97. The summed E-state index contributed by atoms with van der Waals surface area (Å²) in [6.07, 6.45) is 3.33. The van der Waals surface area contributed by atoms with Gasteiger partial charge in [-0.2, -0.15) is 0 Å². The van der Waals surface area contributed by atoms with Gasteiger partial charge in [0.25, 0.3) is 0 Å². The first-order valence-electron chi connectivity index (χ1n) is 5.48. The molecule has 0 aliphatic rings. The summed E-state index contributed by atoms with van der Waals surface area (Å²) in [7, 11) is 1.87. The average molecular weight is 229 g/mol. The molecule has 0 aliphatic carbocycles. The smallest absolute Gasteiger partial charge is 0.238 e. The maximum absolute atomic E-state index is 5.62. The molecule has 0 unspecified atom stereocenters. The molecule has 0 atom stereocenters. The number of nitrogens with zero attached hydrogens (tertiary/aromatic N) is 2. The first kappa shape index (κ1) is 11.5. The third-order valence-electron chi connectivity index (χ3n) is 2.26. The molecule has 1 heterocycles. The lowest BCUT2D eigenvalue weighted by atomic mass is 10.2. The second kappa shape index (κ2) is 5.41. The minimum atomic E-state index is 0.515. The molecule has 0 saturated heterocycles. The molecular weight excluding hydrogens is 214 g/mol. The average Bonchev–Trinajstić information content (AvgIpc) is 2.33. The summed E-state index contributed by atoms with van der Waals surface area (Å²) in [5, 5.41) is 3.02. The third kappa shape index (κ3) is 3.26. The number of hydrogen-bond donors (Lipinski definition) is 1. The van der Waals surface area contributed by atoms with Gasteiger partial charge in [0.1, 0.15) is 5.75 Å². The number of hydrogen-bond acceptors (Lipinski definition) is 4. The van der Waals surface area contributed by atoms with Gasteiger partial charge in [0.05, 0.1) is 11.9 Å². The summed E-state index contributed by atoms with van der Waals surface area (Å²) >= 11 is 0. The van der Waals surface area contributed by atoms with Crippen LogP contribution < -0.4 is 10.1 Å². The van der Waals surface area contributed by atoms with Gasteiger partial charge in [-0.1, -0.05) is 17.7 Å². The topological polar surface area (TPSA) is 47.0 Å². The number of benzene rings is 1. The lowest BCUT2D eigenvalue weighted by Crippen LogP contribution is -2.07. The van der Waals surface area contributed by atoms with Crippen LogP contribution in [0.4, 0.5) is 0 Å². The predicted octanol–water partition coefficient (Wildman–Crippen LogP) is 2.30. The van der Waals surface area contributed by atoms with Crippen LogP contribution >= 0.6 is 0 Å². The Morgan fingerprint density at radius 2 is 1.94 bits per heavy atom. The fourth-order valence-electron chi connectivity index (χ4n) is 1.43. The molecule has 0 aliphatic heterocycles. The van der Waals surface area contributed by atoms with Crippen LogP contribution in [0.25, 0.3) is 0 Å². The molecule has 1 N–H and O–H groups in total. The van der Waals surface area contributed by atoms with E-state index < -0.39 is 0 Å². The Bertz CT molecular complexity index is 482. The maximum Gasteiger partial charge on any atom is 0.238 e. The highest BCUT2D eigenvalue weighted by Gasteiger charge is 2.00. The molecular formula is C13H15N3O. The summed E-state index contributed by atoms with van der Waals surface area (Å²) in [6, 6.07) is 7.84. The monoisotopic (exact) mass is 229 g/mol. The van der Waals surface area contributed by atoms with E-state index in [-0.39, 0.29) is 0 Å². The first-order chi connectivity index (χ1) is 8.28. The lowest BCUT2D eigenvalue weighted by Gasteiger charge is -2.06. The zero-order valence-electron chi connectivity index (χ0n) is 9.97. The number of aromatic nitrogens is 2. The molecule has 2 rings (SSSR count). The van der Waals surface area contributed by atoms with Crippen LogP contribution in [0.5, 0.6) is 11.6 Å². The van der Waals surface area contributed by atoms with E-state index in [1.807, 2.05) is 38.2 Å². The maximum atomic E-state index is 5.62. The van der Waals surface area contributed by atoms with Gasteiger partial charge in [-0.3, -0.25) is 4.98 Å². The van der Waals surface area contributed by atoms with Gasteiger partial charge in [-0.05, 0) is 26.1 Å². The van der Waals surface area contributed by atoms with E-state index in [1.54, 1.807) is 12.4 Å². The van der Waals surface area contributed by atoms with Crippen molar-refractivity contribution in [2.24, 2.45) is 0 Å². The molecule has 17 heavy (non-hydrogen) atoms. The molecule has 0 spiro atoms. The molecule has 2 aromatic rings. The van der Waals surface area contributed by atoms with Crippen molar-refractivity contribution in [2.75, 3.05) is 7.05 Å². The van der Waals surface area contributed by atoms with Crippen molar-refractivity contribution in [3.63, 3.8) is 0 Å². The van der Waals surface area contributed by atoms with Crippen molar-refractivity contribution in [2.45, 2.75) is 13.5 Å². The van der Waals surface area contributed by atoms with Crippen molar-refractivity contribution in [3.8, 4) is 11.6 Å². The fraction of sp³-hybridized carbons (Fsp3) is 0.231. The normalized spacial score (nSPS) is 10.2. The number of rotatable bonds is 4. The van der Waals surface area contributed by atoms with Crippen molar-refractivity contribution < 1.29 is 4.74 Å². The predicted molar refractivity (Wildman–Crippen MR) is 66.0 cm³/mol. The van der Waals surface area contributed by atoms with Crippen molar-refractivity contribution in [1.82, 2.24) is 15.3 Å². The fourth-order valence-corrected chi connectivity index (χ4v) is 1.43. The van der Waals surface area contributed by atoms with Crippen molar-refractivity contribution in [1.29, 1.82) is 0 Å². The minimum absolute atomic E-state index is 0.515. The highest BCUT2D eigenvalue weighted by Crippen LogP contribution is 2.18. The second-order valence-corrected chi connectivity index (χ2v) is 3.79. The summed E-state index contributed by atoms with van der Waals surface area (Å²) in [4.78, 5) is 8.42. The van der Waals surface area contributed by atoms with E-state index >= 15 is 0 Å². The van der Waals surface area contributed by atoms with Crippen LogP contribution in [0.1, 0.15) is 11.3 Å². The van der Waals surface area contributed by atoms with Crippen LogP contribution in [-0.4, -0.2) is 17.0 Å². The minimum Gasteiger partial charge on any atom is -0.437 e. The molecule has 1 aromatic carbocycles. The highest BCUT2D eigenvalue weighted by molar-refractivity contribution is 5.29. The highest BCUT2D eigenvalue weighted by atomic mass is 16.5. The summed E-state index contributed by atoms with van der Waals surface area (Å²) < 4.78 is 5.62. The zero-order chi connectivity index (χ0) is 12.1. The third-order valence-corrected chi connectivity index (χ3v) is 2.26. The quantitative estimate of drug-likeness (QED) is 0.873. The molecule has 4 heteroatoms. The number of aryl methyl sites for hydroxylation is 1. The summed E-state index contributed by atoms with van der Waals surface area (Å²) in [5.41, 5.74) is 2.06. The van der Waals surface area contributed by atoms with Gasteiger partial charge in [-0.25, -0.2) is 4.98 Å². The van der Waals surface area contributed by atoms with Crippen LogP contribution in [0.2, 0.25) is 0 Å². The van der Waals surface area contributed by atoms with Gasteiger partial charge < -0.3 is 10.1 Å². The van der Waals surface area contributed by atoms with Gasteiger partial charge in [0.15, 0.2) is 0 Å². The SMILES string of the molecule is CNCc1cncc(Oc2ccc(C)cc2)n1. The van der Waals surface area contributed by atoms with E-state index in [9.17, 15) is 0 Å². The van der Waals surface area contributed by atoms with E-state index in [0.717, 1.165) is 11.4 Å². The Labute approximate surface area is 101 Å². The van der Waals surface area contributed by atoms with Crippen molar-refractivity contribution in [3.05, 3.63) is 47.9 Å². The van der Waals surface area contributed by atoms with Gasteiger partial charge in [-0.15, -0.1) is 0 Å². The standard InChI is InChI=1S/C13H15N3O/c1-10-3-5-12(6-4-10)17-13-9-15-8-11(16-13)7-14-2/h3-6,8-9,14H,7H2,1-2H3. The Hall–Kier alpha value is -1.94. The largest absolute Gasteiger partial charge is 0.437 e. The molecule has 0 radical (unpaired) electrons. The Morgan fingerprint density at radius 1 is 1.18 bits per heavy atom. The number of nitrogens with one attached hydrogen (secondary N) is 1. The van der Waals surface area contributed by atoms with Crippen LogP contribution in [0.3, 0.4) is 0 Å². The van der Waals surface area contributed by atoms with E-state index in [1.165, 1.54) is 5.56 Å². The van der Waals surface area contributed by atoms with Crippen LogP contribution in [0, 0.1) is 6.92 Å². The van der Waals surface area contributed by atoms with E-state index in [2.05, 4.69) is 15.3 Å². The molecule has 0 saturated carbocycles. The molecule has 1 aromatic heterocycles. The Morgan fingerprint density at radius 3 is 2.65 bits per heavy atom. The molecule has 0 fully saturated rings. The lowest BCUT2D eigenvalue weighted by molar-refractivity contribution is 0.457. The molecule has 0 amide bonds.